The van der Waals surface area contributed by atoms with Crippen LogP contribution in [0.5, 0.6) is 0 Å². The fraction of sp³-hybridized carbons (Fsp3) is 0.941. The SMILES string of the molecule is CN(C(=O)CC1CCCS(=O)(=O)C1)C1CCCC1C(C)(C)C. The van der Waals surface area contributed by atoms with E-state index in [9.17, 15) is 13.2 Å². The van der Waals surface area contributed by atoms with Gasteiger partial charge in [0.1, 0.15) is 0 Å². The maximum atomic E-state index is 12.6. The molecule has 1 saturated heterocycles. The minimum Gasteiger partial charge on any atom is -0.342 e. The van der Waals surface area contributed by atoms with Crippen molar-refractivity contribution in [1.29, 1.82) is 0 Å². The maximum absolute atomic E-state index is 12.6. The van der Waals surface area contributed by atoms with Crippen molar-refractivity contribution in [2.24, 2.45) is 17.3 Å². The first-order valence-corrected chi connectivity index (χ1v) is 10.4. The van der Waals surface area contributed by atoms with E-state index in [2.05, 4.69) is 20.8 Å². The van der Waals surface area contributed by atoms with Crippen LogP contribution < -0.4 is 0 Å². The summed E-state index contributed by atoms with van der Waals surface area (Å²) in [7, 11) is -1.02. The van der Waals surface area contributed by atoms with Gasteiger partial charge < -0.3 is 4.90 Å². The zero-order valence-corrected chi connectivity index (χ0v) is 15.3. The van der Waals surface area contributed by atoms with E-state index < -0.39 is 9.84 Å². The lowest BCUT2D eigenvalue weighted by atomic mass is 9.77. The Bertz CT molecular complexity index is 506. The van der Waals surface area contributed by atoms with Crippen LogP contribution in [-0.2, 0) is 14.6 Å². The number of hydrogen-bond donors (Lipinski definition) is 0. The molecule has 128 valence electrons. The predicted octanol–water partition coefficient (Wildman–Crippen LogP) is 2.87. The van der Waals surface area contributed by atoms with Gasteiger partial charge in [0.05, 0.1) is 11.5 Å². The van der Waals surface area contributed by atoms with Crippen molar-refractivity contribution in [3.05, 3.63) is 0 Å². The summed E-state index contributed by atoms with van der Waals surface area (Å²) in [6, 6.07) is 0.313. The van der Waals surface area contributed by atoms with Gasteiger partial charge in [0.15, 0.2) is 9.84 Å². The third-order valence-electron chi connectivity index (χ3n) is 5.50. The van der Waals surface area contributed by atoms with E-state index in [1.54, 1.807) is 0 Å². The Balaban J connectivity index is 1.97. The molecule has 3 unspecified atom stereocenters. The molecule has 0 bridgehead atoms. The molecular weight excluding hydrogens is 298 g/mol. The molecule has 2 fully saturated rings. The summed E-state index contributed by atoms with van der Waals surface area (Å²) in [6.45, 7) is 6.76. The summed E-state index contributed by atoms with van der Waals surface area (Å²) in [5, 5.41) is 0. The van der Waals surface area contributed by atoms with Crippen LogP contribution in [0.15, 0.2) is 0 Å². The number of hydrogen-bond acceptors (Lipinski definition) is 3. The molecular formula is C17H31NO3S. The topological polar surface area (TPSA) is 54.5 Å². The van der Waals surface area contributed by atoms with Gasteiger partial charge in [-0.2, -0.15) is 0 Å². The third kappa shape index (κ3) is 4.24. The molecule has 1 heterocycles. The van der Waals surface area contributed by atoms with E-state index in [0.29, 0.717) is 30.6 Å². The first kappa shape index (κ1) is 17.8. The molecule has 5 heteroatoms. The standard InChI is InChI=1S/C17H31NO3S/c1-17(2,3)14-8-5-9-15(14)18(4)16(19)11-13-7-6-10-22(20,21)12-13/h13-15H,5-12H2,1-4H3. The summed E-state index contributed by atoms with van der Waals surface area (Å²) < 4.78 is 23.5. The Hall–Kier alpha value is -0.580. The lowest BCUT2D eigenvalue weighted by Gasteiger charge is -2.38. The fourth-order valence-corrected chi connectivity index (χ4v) is 6.04. The van der Waals surface area contributed by atoms with Gasteiger partial charge in [-0.1, -0.05) is 27.2 Å². The minimum absolute atomic E-state index is 0.0168. The summed E-state index contributed by atoms with van der Waals surface area (Å²) in [5.41, 5.74) is 0.212. The van der Waals surface area contributed by atoms with Crippen molar-refractivity contribution < 1.29 is 13.2 Å². The monoisotopic (exact) mass is 329 g/mol. The molecule has 0 spiro atoms. The number of carbonyl (C=O) groups excluding carboxylic acids is 1. The highest BCUT2D eigenvalue weighted by Gasteiger charge is 2.39. The third-order valence-corrected chi connectivity index (χ3v) is 7.39. The number of amides is 1. The smallest absolute Gasteiger partial charge is 0.222 e. The Morgan fingerprint density at radius 2 is 1.82 bits per heavy atom. The van der Waals surface area contributed by atoms with Crippen molar-refractivity contribution in [2.75, 3.05) is 18.6 Å². The van der Waals surface area contributed by atoms with Crippen molar-refractivity contribution in [2.45, 2.75) is 65.3 Å². The number of rotatable bonds is 3. The van der Waals surface area contributed by atoms with E-state index in [0.717, 1.165) is 12.8 Å². The summed E-state index contributed by atoms with van der Waals surface area (Å²) >= 11 is 0. The van der Waals surface area contributed by atoms with Crippen LogP contribution in [0.3, 0.4) is 0 Å². The van der Waals surface area contributed by atoms with Crippen molar-refractivity contribution in [1.82, 2.24) is 4.90 Å². The Morgan fingerprint density at radius 1 is 1.14 bits per heavy atom. The summed E-state index contributed by atoms with van der Waals surface area (Å²) in [4.78, 5) is 14.5. The molecule has 0 aromatic carbocycles. The van der Waals surface area contributed by atoms with Crippen LogP contribution in [0.1, 0.15) is 59.3 Å². The number of carbonyl (C=O) groups is 1. The van der Waals surface area contributed by atoms with Crippen LogP contribution in [0, 0.1) is 17.3 Å². The zero-order valence-electron chi connectivity index (χ0n) is 14.5. The molecule has 0 aromatic rings. The molecule has 3 atom stereocenters. The van der Waals surface area contributed by atoms with Crippen LogP contribution >= 0.6 is 0 Å². The normalized spacial score (nSPS) is 31.9. The molecule has 4 nitrogen and oxygen atoms in total. The lowest BCUT2D eigenvalue weighted by Crippen LogP contribution is -2.44. The van der Waals surface area contributed by atoms with Gasteiger partial charge in [0.25, 0.3) is 0 Å². The average molecular weight is 330 g/mol. The van der Waals surface area contributed by atoms with Crippen LogP contribution in [0.25, 0.3) is 0 Å². The van der Waals surface area contributed by atoms with Gasteiger partial charge in [-0.25, -0.2) is 8.42 Å². The van der Waals surface area contributed by atoms with E-state index in [-0.39, 0.29) is 23.0 Å². The van der Waals surface area contributed by atoms with Crippen LogP contribution in [0.2, 0.25) is 0 Å². The van der Waals surface area contributed by atoms with Gasteiger partial charge >= 0.3 is 0 Å². The molecule has 2 aliphatic rings. The molecule has 0 radical (unpaired) electrons. The Morgan fingerprint density at radius 3 is 2.41 bits per heavy atom. The average Bonchev–Trinajstić information content (AvgIpc) is 2.85. The fourth-order valence-electron chi connectivity index (χ4n) is 4.27. The summed E-state index contributed by atoms with van der Waals surface area (Å²) in [6.07, 6.45) is 5.41. The molecule has 22 heavy (non-hydrogen) atoms. The van der Waals surface area contributed by atoms with E-state index in [4.69, 9.17) is 0 Å². The van der Waals surface area contributed by atoms with E-state index in [1.807, 2.05) is 11.9 Å². The quantitative estimate of drug-likeness (QED) is 0.800. The second kappa shape index (κ2) is 6.50. The highest BCUT2D eigenvalue weighted by Crippen LogP contribution is 2.41. The van der Waals surface area contributed by atoms with Crippen LogP contribution in [-0.4, -0.2) is 43.8 Å². The number of nitrogens with zero attached hydrogens (tertiary/aromatic N) is 1. The van der Waals surface area contributed by atoms with Gasteiger partial charge in [-0.05, 0) is 42.9 Å². The maximum Gasteiger partial charge on any atom is 0.222 e. The summed E-state index contributed by atoms with van der Waals surface area (Å²) in [5.74, 6) is 1.17. The van der Waals surface area contributed by atoms with Gasteiger partial charge in [0, 0.05) is 19.5 Å². The van der Waals surface area contributed by atoms with Gasteiger partial charge in [-0.15, -0.1) is 0 Å². The molecule has 0 aromatic heterocycles. The van der Waals surface area contributed by atoms with Gasteiger partial charge in [-0.3, -0.25) is 4.79 Å². The molecule has 1 amide bonds. The second-order valence-electron chi connectivity index (χ2n) is 8.30. The lowest BCUT2D eigenvalue weighted by molar-refractivity contribution is -0.134. The van der Waals surface area contributed by atoms with E-state index in [1.165, 1.54) is 12.8 Å². The number of sulfone groups is 1. The predicted molar refractivity (Wildman–Crippen MR) is 89.3 cm³/mol. The largest absolute Gasteiger partial charge is 0.342 e. The highest BCUT2D eigenvalue weighted by atomic mass is 32.2. The van der Waals surface area contributed by atoms with Crippen molar-refractivity contribution in [3.63, 3.8) is 0 Å². The van der Waals surface area contributed by atoms with Gasteiger partial charge in [0.2, 0.25) is 5.91 Å². The first-order chi connectivity index (χ1) is 10.1. The van der Waals surface area contributed by atoms with Crippen molar-refractivity contribution in [3.8, 4) is 0 Å². The minimum atomic E-state index is -2.93. The van der Waals surface area contributed by atoms with Crippen LogP contribution in [0.4, 0.5) is 0 Å². The second-order valence-corrected chi connectivity index (χ2v) is 10.5. The molecule has 2 rings (SSSR count). The Kier molecular flexibility index (Phi) is 5.25. The highest BCUT2D eigenvalue weighted by molar-refractivity contribution is 7.91. The van der Waals surface area contributed by atoms with Crippen molar-refractivity contribution >= 4 is 15.7 Å². The van der Waals surface area contributed by atoms with E-state index >= 15 is 0 Å². The molecule has 0 N–H and O–H groups in total. The first-order valence-electron chi connectivity index (χ1n) is 8.56. The Labute approximate surface area is 135 Å². The molecule has 1 aliphatic carbocycles. The zero-order chi connectivity index (χ0) is 16.5. The molecule has 1 aliphatic heterocycles. The molecule has 1 saturated carbocycles.